The van der Waals surface area contributed by atoms with Gasteiger partial charge in [0.05, 0.1) is 11.3 Å². The molecule has 1 aromatic carbocycles. The molecule has 0 bridgehead atoms. The molecule has 2 saturated carbocycles. The van der Waals surface area contributed by atoms with Gasteiger partial charge in [-0.3, -0.25) is 14.6 Å². The molecule has 3 N–H and O–H groups in total. The van der Waals surface area contributed by atoms with Crippen LogP contribution in [0.1, 0.15) is 36.0 Å². The minimum Gasteiger partial charge on any atom is -0.349 e. The Morgan fingerprint density at radius 2 is 1.91 bits per heavy atom. The molecule has 2 amide bonds. The number of carbonyl (C=O) groups is 2. The fraction of sp³-hybridized carbons (Fsp3) is 0.458. The molecular weight excluding hydrogens is 431 g/mol. The number of fused-ring (bicyclic) bond motifs is 1. The van der Waals surface area contributed by atoms with Crippen molar-refractivity contribution in [2.45, 2.75) is 37.8 Å². The molecule has 1 aliphatic heterocycles. The largest absolute Gasteiger partial charge is 0.349 e. The Balaban J connectivity index is 0.00000245. The van der Waals surface area contributed by atoms with Crippen LogP contribution in [0, 0.1) is 23.6 Å². The van der Waals surface area contributed by atoms with E-state index in [1.165, 1.54) is 18.3 Å². The number of carbonyl (C=O) groups excluding carboxylic acids is 2. The van der Waals surface area contributed by atoms with Gasteiger partial charge in [-0.25, -0.2) is 4.39 Å². The molecule has 5 rings (SSSR count). The zero-order valence-electron chi connectivity index (χ0n) is 17.7. The summed E-state index contributed by atoms with van der Waals surface area (Å²) in [5, 5.41) is 3.07. The van der Waals surface area contributed by atoms with Crippen LogP contribution in [0.15, 0.2) is 42.6 Å². The summed E-state index contributed by atoms with van der Waals surface area (Å²) in [4.78, 5) is 31.9. The van der Waals surface area contributed by atoms with Gasteiger partial charge in [0.2, 0.25) is 5.91 Å². The Kier molecular flexibility index (Phi) is 6.49. The van der Waals surface area contributed by atoms with Crippen LogP contribution in [0.2, 0.25) is 0 Å². The number of halogens is 2. The number of nitrogens with zero attached hydrogens (tertiary/aromatic N) is 2. The first-order chi connectivity index (χ1) is 15.0. The third-order valence-corrected chi connectivity index (χ3v) is 7.08. The zero-order valence-corrected chi connectivity index (χ0v) is 18.6. The lowest BCUT2D eigenvalue weighted by Gasteiger charge is -2.32. The highest BCUT2D eigenvalue weighted by atomic mass is 35.5. The number of likely N-dealkylation sites (tertiary alicyclic amines) is 1. The maximum atomic E-state index is 13.4. The smallest absolute Gasteiger partial charge is 0.253 e. The first-order valence-corrected chi connectivity index (χ1v) is 11.1. The Bertz CT molecular complexity index is 990. The maximum absolute atomic E-state index is 13.4. The third-order valence-electron chi connectivity index (χ3n) is 7.08. The van der Waals surface area contributed by atoms with Gasteiger partial charge < -0.3 is 16.0 Å². The van der Waals surface area contributed by atoms with Crippen LogP contribution in [0.5, 0.6) is 0 Å². The monoisotopic (exact) mass is 458 g/mol. The molecule has 3 aliphatic rings. The molecule has 2 heterocycles. The molecule has 1 saturated heterocycles. The van der Waals surface area contributed by atoms with Crippen molar-refractivity contribution < 1.29 is 14.0 Å². The zero-order chi connectivity index (χ0) is 21.5. The summed E-state index contributed by atoms with van der Waals surface area (Å²) >= 11 is 0. The summed E-state index contributed by atoms with van der Waals surface area (Å²) in [6, 6.07) is 9.90. The summed E-state index contributed by atoms with van der Waals surface area (Å²) in [7, 11) is 0. The molecule has 8 heteroatoms. The van der Waals surface area contributed by atoms with Gasteiger partial charge in [-0.2, -0.15) is 0 Å². The Hall–Kier alpha value is -2.51. The number of amides is 2. The van der Waals surface area contributed by atoms with Gasteiger partial charge in [-0.05, 0) is 55.4 Å². The van der Waals surface area contributed by atoms with Crippen LogP contribution in [-0.4, -0.2) is 46.9 Å². The Labute approximate surface area is 193 Å². The topological polar surface area (TPSA) is 88.3 Å². The Morgan fingerprint density at radius 1 is 1.12 bits per heavy atom. The summed E-state index contributed by atoms with van der Waals surface area (Å²) < 4.78 is 13.4. The highest BCUT2D eigenvalue weighted by Gasteiger charge is 2.55. The second-order valence-corrected chi connectivity index (χ2v) is 9.12. The molecule has 3 fully saturated rings. The van der Waals surface area contributed by atoms with Crippen LogP contribution in [0.4, 0.5) is 4.39 Å². The van der Waals surface area contributed by atoms with E-state index < -0.39 is 0 Å². The number of hydrogen-bond donors (Lipinski definition) is 2. The minimum atomic E-state index is -0.323. The summed E-state index contributed by atoms with van der Waals surface area (Å²) in [5.74, 6) is 0.665. The van der Waals surface area contributed by atoms with E-state index in [9.17, 15) is 14.0 Å². The highest BCUT2D eigenvalue weighted by molar-refractivity contribution is 5.94. The van der Waals surface area contributed by atoms with Gasteiger partial charge in [0.15, 0.2) is 0 Å². The van der Waals surface area contributed by atoms with Gasteiger partial charge in [-0.1, -0.05) is 18.6 Å². The SMILES string of the molecule is Cl.N[C@@H]1[C@H]2CN(C(=O)[C@@H]3CCC[C@H](NC(=O)c4ccc(-c5cccc(F)c5)nc4)C3)C[C@@H]12. The van der Waals surface area contributed by atoms with Gasteiger partial charge in [0.25, 0.3) is 5.91 Å². The van der Waals surface area contributed by atoms with Gasteiger partial charge in [0.1, 0.15) is 5.82 Å². The average molecular weight is 459 g/mol. The van der Waals surface area contributed by atoms with Crippen LogP contribution in [0.25, 0.3) is 11.3 Å². The lowest BCUT2D eigenvalue weighted by Crippen LogP contribution is -2.44. The first kappa shape index (κ1) is 22.7. The minimum absolute atomic E-state index is 0. The molecule has 0 unspecified atom stereocenters. The number of pyridine rings is 1. The summed E-state index contributed by atoms with van der Waals surface area (Å²) in [6.07, 6.45) is 4.88. The number of hydrogen-bond acceptors (Lipinski definition) is 4. The van der Waals surface area contributed by atoms with E-state index in [0.29, 0.717) is 35.1 Å². The third kappa shape index (κ3) is 4.50. The van der Waals surface area contributed by atoms with Crippen molar-refractivity contribution in [3.63, 3.8) is 0 Å². The van der Waals surface area contributed by atoms with Crippen LogP contribution in [0.3, 0.4) is 0 Å². The number of nitrogens with one attached hydrogen (secondary N) is 1. The number of rotatable bonds is 4. The second-order valence-electron chi connectivity index (χ2n) is 9.12. The van der Waals surface area contributed by atoms with Crippen molar-refractivity contribution in [3.05, 3.63) is 54.0 Å². The molecule has 2 aliphatic carbocycles. The molecular formula is C24H28ClFN4O2. The van der Waals surface area contributed by atoms with Crippen LogP contribution in [-0.2, 0) is 4.79 Å². The lowest BCUT2D eigenvalue weighted by atomic mass is 9.84. The van der Waals surface area contributed by atoms with Gasteiger partial charge >= 0.3 is 0 Å². The fourth-order valence-electron chi connectivity index (χ4n) is 5.17. The predicted octanol–water partition coefficient (Wildman–Crippen LogP) is 3.01. The van der Waals surface area contributed by atoms with Gasteiger partial charge in [0, 0.05) is 42.9 Å². The van der Waals surface area contributed by atoms with Crippen molar-refractivity contribution in [1.82, 2.24) is 15.2 Å². The number of benzene rings is 1. The average Bonchev–Trinajstić information content (AvgIpc) is 3.18. The normalized spacial score (nSPS) is 28.4. The van der Waals surface area contributed by atoms with Crippen molar-refractivity contribution in [1.29, 1.82) is 0 Å². The van der Waals surface area contributed by atoms with Crippen molar-refractivity contribution in [2.75, 3.05) is 13.1 Å². The van der Waals surface area contributed by atoms with E-state index in [0.717, 1.165) is 32.4 Å². The fourth-order valence-corrected chi connectivity index (χ4v) is 5.17. The van der Waals surface area contributed by atoms with Crippen LogP contribution >= 0.6 is 12.4 Å². The van der Waals surface area contributed by atoms with E-state index in [1.807, 2.05) is 4.90 Å². The van der Waals surface area contributed by atoms with E-state index in [4.69, 9.17) is 5.73 Å². The molecule has 0 spiro atoms. The summed E-state index contributed by atoms with van der Waals surface area (Å²) in [5.41, 5.74) is 7.73. The van der Waals surface area contributed by atoms with Gasteiger partial charge in [-0.15, -0.1) is 12.4 Å². The van der Waals surface area contributed by atoms with Crippen molar-refractivity contribution in [2.24, 2.45) is 23.5 Å². The molecule has 2 aromatic rings. The second kappa shape index (κ2) is 9.16. The van der Waals surface area contributed by atoms with E-state index in [2.05, 4.69) is 10.3 Å². The molecule has 0 radical (unpaired) electrons. The van der Waals surface area contributed by atoms with Crippen molar-refractivity contribution >= 4 is 24.2 Å². The Morgan fingerprint density at radius 3 is 2.59 bits per heavy atom. The molecule has 32 heavy (non-hydrogen) atoms. The molecule has 6 nitrogen and oxygen atoms in total. The van der Waals surface area contributed by atoms with Crippen molar-refractivity contribution in [3.8, 4) is 11.3 Å². The first-order valence-electron chi connectivity index (χ1n) is 11.1. The van der Waals surface area contributed by atoms with E-state index in [-0.39, 0.29) is 48.0 Å². The maximum Gasteiger partial charge on any atom is 0.253 e. The number of nitrogens with two attached hydrogens (primary N) is 1. The highest BCUT2D eigenvalue weighted by Crippen LogP contribution is 2.44. The number of aromatic nitrogens is 1. The molecule has 1 aromatic heterocycles. The van der Waals surface area contributed by atoms with Crippen LogP contribution < -0.4 is 11.1 Å². The standard InChI is InChI=1S/C24H27FN4O2.ClH/c25-17-5-1-3-14(9-17)21-8-7-16(11-27-21)23(30)28-18-6-2-4-15(10-18)24(31)29-12-19-20(13-29)22(19)26;/h1,3,5,7-9,11,15,18-20,22H,2,4,6,10,12-13,26H2,(H,28,30);1H/t15-,18+,19-,20+,22+;/m1./s1. The van der Waals surface area contributed by atoms with E-state index >= 15 is 0 Å². The summed E-state index contributed by atoms with van der Waals surface area (Å²) in [6.45, 7) is 1.59. The lowest BCUT2D eigenvalue weighted by molar-refractivity contribution is -0.136. The van der Waals surface area contributed by atoms with E-state index in [1.54, 1.807) is 24.3 Å². The molecule has 5 atom stereocenters. The number of piperidine rings is 1. The quantitative estimate of drug-likeness (QED) is 0.737. The molecule has 170 valence electrons. The predicted molar refractivity (Wildman–Crippen MR) is 122 cm³/mol.